The molecule has 0 aliphatic heterocycles. The molecule has 1 aromatic heterocycles. The third kappa shape index (κ3) is 3.54. The van der Waals surface area contributed by atoms with Crippen LogP contribution in [0.2, 0.25) is 0 Å². The van der Waals surface area contributed by atoms with Gasteiger partial charge >= 0.3 is 0 Å². The van der Waals surface area contributed by atoms with Gasteiger partial charge in [-0.15, -0.1) is 6.58 Å². The molecule has 0 aliphatic rings. The SMILES string of the molecule is C=CCc1ccc(C(=O)N(C)[C@H](C)c2ccncn2)cc1. The van der Waals surface area contributed by atoms with E-state index in [1.165, 1.54) is 6.33 Å². The second-order valence-corrected chi connectivity index (χ2v) is 4.92. The summed E-state index contributed by atoms with van der Waals surface area (Å²) in [5.41, 5.74) is 2.64. The Hall–Kier alpha value is -2.49. The number of hydrogen-bond acceptors (Lipinski definition) is 3. The third-order valence-corrected chi connectivity index (χ3v) is 3.52. The highest BCUT2D eigenvalue weighted by atomic mass is 16.2. The molecule has 1 atom stereocenters. The van der Waals surface area contributed by atoms with E-state index in [9.17, 15) is 4.79 Å². The summed E-state index contributed by atoms with van der Waals surface area (Å²) < 4.78 is 0. The summed E-state index contributed by atoms with van der Waals surface area (Å²) in [5, 5.41) is 0. The summed E-state index contributed by atoms with van der Waals surface area (Å²) in [7, 11) is 1.78. The lowest BCUT2D eigenvalue weighted by molar-refractivity contribution is 0.0739. The molecule has 0 saturated heterocycles. The van der Waals surface area contributed by atoms with Crippen molar-refractivity contribution in [2.24, 2.45) is 0 Å². The van der Waals surface area contributed by atoms with E-state index >= 15 is 0 Å². The van der Waals surface area contributed by atoms with Crippen LogP contribution in [0.4, 0.5) is 0 Å². The monoisotopic (exact) mass is 281 g/mol. The lowest BCUT2D eigenvalue weighted by atomic mass is 10.1. The van der Waals surface area contributed by atoms with Crippen molar-refractivity contribution in [3.05, 3.63) is 72.3 Å². The minimum Gasteiger partial charge on any atom is -0.333 e. The van der Waals surface area contributed by atoms with E-state index in [0.29, 0.717) is 5.56 Å². The molecular formula is C17H19N3O. The number of carbonyl (C=O) groups is 1. The molecule has 108 valence electrons. The average molecular weight is 281 g/mol. The Kier molecular flexibility index (Phi) is 4.82. The van der Waals surface area contributed by atoms with Gasteiger partial charge in [0, 0.05) is 18.8 Å². The van der Waals surface area contributed by atoms with Crippen LogP contribution in [0.25, 0.3) is 0 Å². The van der Waals surface area contributed by atoms with Crippen LogP contribution in [0.3, 0.4) is 0 Å². The van der Waals surface area contributed by atoms with E-state index in [-0.39, 0.29) is 11.9 Å². The van der Waals surface area contributed by atoms with Crippen molar-refractivity contribution in [1.82, 2.24) is 14.9 Å². The van der Waals surface area contributed by atoms with Crippen molar-refractivity contribution in [3.63, 3.8) is 0 Å². The van der Waals surface area contributed by atoms with Gasteiger partial charge in [0.05, 0.1) is 11.7 Å². The summed E-state index contributed by atoms with van der Waals surface area (Å²) in [5.74, 6) is -0.0220. The molecule has 4 heteroatoms. The number of rotatable bonds is 5. The van der Waals surface area contributed by atoms with Crippen LogP contribution in [0.15, 0.2) is 55.5 Å². The number of benzene rings is 1. The predicted octanol–water partition coefficient (Wildman–Crippen LogP) is 3.04. The van der Waals surface area contributed by atoms with Crippen molar-refractivity contribution < 1.29 is 4.79 Å². The Morgan fingerprint density at radius 2 is 2.05 bits per heavy atom. The second kappa shape index (κ2) is 6.79. The van der Waals surface area contributed by atoms with Crippen LogP contribution in [0, 0.1) is 0 Å². The van der Waals surface area contributed by atoms with Crippen molar-refractivity contribution in [1.29, 1.82) is 0 Å². The Bertz CT molecular complexity index is 608. The molecule has 1 heterocycles. The van der Waals surface area contributed by atoms with Gasteiger partial charge in [0.25, 0.3) is 5.91 Å². The number of aromatic nitrogens is 2. The first kappa shape index (κ1) is 14.9. The lowest BCUT2D eigenvalue weighted by Crippen LogP contribution is -2.30. The van der Waals surface area contributed by atoms with E-state index in [4.69, 9.17) is 0 Å². The minimum atomic E-state index is -0.103. The van der Waals surface area contributed by atoms with Crippen LogP contribution >= 0.6 is 0 Å². The summed E-state index contributed by atoms with van der Waals surface area (Å²) >= 11 is 0. The van der Waals surface area contributed by atoms with E-state index in [0.717, 1.165) is 17.7 Å². The number of hydrogen-bond donors (Lipinski definition) is 0. The Morgan fingerprint density at radius 3 is 2.62 bits per heavy atom. The number of nitrogens with zero attached hydrogens (tertiary/aromatic N) is 3. The van der Waals surface area contributed by atoms with Crippen LogP contribution < -0.4 is 0 Å². The van der Waals surface area contributed by atoms with Crippen LogP contribution in [-0.4, -0.2) is 27.8 Å². The molecule has 0 bridgehead atoms. The predicted molar refractivity (Wildman–Crippen MR) is 82.9 cm³/mol. The summed E-state index contributed by atoms with van der Waals surface area (Å²) in [4.78, 5) is 22.3. The average Bonchev–Trinajstić information content (AvgIpc) is 2.54. The largest absolute Gasteiger partial charge is 0.333 e. The molecule has 0 aliphatic carbocycles. The Labute approximate surface area is 125 Å². The normalized spacial score (nSPS) is 11.7. The van der Waals surface area contributed by atoms with Crippen molar-refractivity contribution in [2.45, 2.75) is 19.4 Å². The molecule has 0 fully saturated rings. The summed E-state index contributed by atoms with van der Waals surface area (Å²) in [6, 6.07) is 9.33. The van der Waals surface area contributed by atoms with E-state index in [1.54, 1.807) is 18.1 Å². The molecule has 2 aromatic rings. The lowest BCUT2D eigenvalue weighted by Gasteiger charge is -2.24. The van der Waals surface area contributed by atoms with Gasteiger partial charge in [0.2, 0.25) is 0 Å². The van der Waals surface area contributed by atoms with Gasteiger partial charge in [-0.1, -0.05) is 18.2 Å². The maximum Gasteiger partial charge on any atom is 0.254 e. The highest BCUT2D eigenvalue weighted by Crippen LogP contribution is 2.18. The highest BCUT2D eigenvalue weighted by Gasteiger charge is 2.19. The van der Waals surface area contributed by atoms with E-state index in [2.05, 4.69) is 16.5 Å². The van der Waals surface area contributed by atoms with Gasteiger partial charge in [0.1, 0.15) is 6.33 Å². The van der Waals surface area contributed by atoms with Crippen LogP contribution in [-0.2, 0) is 6.42 Å². The van der Waals surface area contributed by atoms with Crippen molar-refractivity contribution >= 4 is 5.91 Å². The van der Waals surface area contributed by atoms with Gasteiger partial charge in [-0.05, 0) is 37.1 Å². The zero-order chi connectivity index (χ0) is 15.2. The van der Waals surface area contributed by atoms with Crippen molar-refractivity contribution in [3.8, 4) is 0 Å². The molecular weight excluding hydrogens is 262 g/mol. The number of allylic oxidation sites excluding steroid dienone is 1. The quantitative estimate of drug-likeness (QED) is 0.791. The van der Waals surface area contributed by atoms with E-state index < -0.39 is 0 Å². The molecule has 1 amide bonds. The standard InChI is InChI=1S/C17H19N3O/c1-4-5-14-6-8-15(9-7-14)17(21)20(3)13(2)16-10-11-18-12-19-16/h4,6-13H,1,5H2,2-3H3/t13-/m1/s1. The van der Waals surface area contributed by atoms with Crippen molar-refractivity contribution in [2.75, 3.05) is 7.05 Å². The fourth-order valence-corrected chi connectivity index (χ4v) is 2.08. The first-order chi connectivity index (χ1) is 10.1. The van der Waals surface area contributed by atoms with E-state index in [1.807, 2.05) is 43.3 Å². The summed E-state index contributed by atoms with van der Waals surface area (Å²) in [6.45, 7) is 5.66. The van der Waals surface area contributed by atoms with Gasteiger partial charge in [-0.3, -0.25) is 4.79 Å². The molecule has 0 saturated carbocycles. The molecule has 0 spiro atoms. The molecule has 0 unspecified atom stereocenters. The van der Waals surface area contributed by atoms with Crippen LogP contribution in [0.5, 0.6) is 0 Å². The van der Waals surface area contributed by atoms with Gasteiger partial charge < -0.3 is 4.90 Å². The smallest absolute Gasteiger partial charge is 0.254 e. The fraction of sp³-hybridized carbons (Fsp3) is 0.235. The zero-order valence-corrected chi connectivity index (χ0v) is 12.4. The van der Waals surface area contributed by atoms with Crippen LogP contribution in [0.1, 0.15) is 34.6 Å². The Balaban J connectivity index is 2.13. The first-order valence-electron chi connectivity index (χ1n) is 6.86. The third-order valence-electron chi connectivity index (χ3n) is 3.52. The highest BCUT2D eigenvalue weighted by molar-refractivity contribution is 5.94. The summed E-state index contributed by atoms with van der Waals surface area (Å²) in [6.07, 6.45) is 5.83. The van der Waals surface area contributed by atoms with Gasteiger partial charge in [0.15, 0.2) is 0 Å². The van der Waals surface area contributed by atoms with Gasteiger partial charge in [-0.25, -0.2) is 9.97 Å². The second-order valence-electron chi connectivity index (χ2n) is 4.92. The zero-order valence-electron chi connectivity index (χ0n) is 12.4. The molecule has 2 rings (SSSR count). The maximum atomic E-state index is 12.5. The Morgan fingerprint density at radius 1 is 1.33 bits per heavy atom. The van der Waals surface area contributed by atoms with Gasteiger partial charge in [-0.2, -0.15) is 0 Å². The number of carbonyl (C=O) groups excluding carboxylic acids is 1. The first-order valence-corrected chi connectivity index (χ1v) is 6.86. The fourth-order valence-electron chi connectivity index (χ4n) is 2.08. The molecule has 4 nitrogen and oxygen atoms in total. The maximum absolute atomic E-state index is 12.5. The molecule has 0 N–H and O–H groups in total. The molecule has 1 aromatic carbocycles. The minimum absolute atomic E-state index is 0.0220. The molecule has 21 heavy (non-hydrogen) atoms. The number of amides is 1. The molecule has 0 radical (unpaired) electrons. The topological polar surface area (TPSA) is 46.1 Å².